The second kappa shape index (κ2) is 17.4. The molecule has 0 radical (unpaired) electrons. The molecule has 1 fully saturated rings. The van der Waals surface area contributed by atoms with Gasteiger partial charge >= 0.3 is 11.8 Å². The number of nitro benzene ring substituents is 1. The molecule has 5 atom stereocenters. The van der Waals surface area contributed by atoms with E-state index in [2.05, 4.69) is 0 Å². The van der Waals surface area contributed by atoms with Crippen molar-refractivity contribution >= 4 is 26.3 Å². The molecule has 19 heteroatoms. The van der Waals surface area contributed by atoms with Gasteiger partial charge in [0.2, 0.25) is 12.7 Å². The third-order valence-electron chi connectivity index (χ3n) is 8.17. The summed E-state index contributed by atoms with van der Waals surface area (Å²) < 4.78 is 44.0. The maximum atomic E-state index is 13.6. The molecule has 2 aliphatic rings. The first-order chi connectivity index (χ1) is 24.5. The Morgan fingerprint density at radius 3 is 2.37 bits per heavy atom. The van der Waals surface area contributed by atoms with E-state index in [1.54, 1.807) is 13.8 Å². The van der Waals surface area contributed by atoms with E-state index in [1.807, 2.05) is 38.4 Å². The summed E-state index contributed by atoms with van der Waals surface area (Å²) in [4.78, 5) is 63.5. The number of aryl methyl sites for hydroxylation is 1. The number of nitrogens with zero attached hydrogens (tertiary/aromatic N) is 5. The van der Waals surface area contributed by atoms with Crippen molar-refractivity contribution in [2.45, 2.75) is 105 Å². The number of hydrogen-bond donors (Lipinski definition) is 0. The fraction of sp³-hybridized carbons (Fsp3) is 0.606. The Hall–Kier alpha value is -4.40. The summed E-state index contributed by atoms with van der Waals surface area (Å²) in [6.45, 7) is 13.4. The molecule has 0 saturated carbocycles. The molecule has 1 aromatic heterocycles. The van der Waals surface area contributed by atoms with Crippen LogP contribution in [0.5, 0.6) is 11.5 Å². The lowest BCUT2D eigenvalue weighted by atomic mass is 10.1. The molecule has 2 aliphatic heterocycles. The first-order valence-electron chi connectivity index (χ1n) is 16.8. The van der Waals surface area contributed by atoms with Crippen LogP contribution in [-0.4, -0.2) is 75.1 Å². The van der Waals surface area contributed by atoms with Crippen molar-refractivity contribution in [3.8, 4) is 17.6 Å². The molecule has 0 aliphatic carbocycles. The molecule has 0 N–H and O–H groups in total. The number of hydrogen-bond acceptors (Lipinski definition) is 15. The highest BCUT2D eigenvalue weighted by atomic mass is 31.2. The van der Waals surface area contributed by atoms with Crippen LogP contribution in [0.4, 0.5) is 10.5 Å². The molecule has 0 spiro atoms. The lowest BCUT2D eigenvalue weighted by Gasteiger charge is -2.37. The van der Waals surface area contributed by atoms with E-state index in [-0.39, 0.29) is 66.6 Å². The molecule has 18 nitrogen and oxygen atoms in total. The van der Waals surface area contributed by atoms with Gasteiger partial charge in [-0.3, -0.25) is 24.3 Å². The summed E-state index contributed by atoms with van der Waals surface area (Å²) in [5.74, 6) is -0.891. The second-order valence-corrected chi connectivity index (χ2v) is 14.4. The number of nitro groups is 1. The summed E-state index contributed by atoms with van der Waals surface area (Å²) in [5.41, 5.74) is -1.83. The Morgan fingerprint density at radius 2 is 1.77 bits per heavy atom. The first-order valence-corrected chi connectivity index (χ1v) is 17.9. The third kappa shape index (κ3) is 9.14. The van der Waals surface area contributed by atoms with Gasteiger partial charge in [-0.15, -0.1) is 0 Å². The standard InChI is InChI=1S/C33H44N5O13P/c1-18(2)30(39)36-31(40)21(7)15-35(32(36)41)29-14-27(51-52(48-11-9-10-34)37(19(3)4)20(5)6)28(50-29)16-45-33(42)49-22(8)23-12-25-26(47-17-46-25)13-24(23)38(43)44/h12-13,15,18-20,22,27-29H,9,11,14,16-17H2,1-8H3/t22?,27-,28+,29+,52?/m0/s1. The van der Waals surface area contributed by atoms with E-state index in [1.165, 1.54) is 32.2 Å². The number of carbonyl (C=O) groups excluding carboxylic acids is 2. The van der Waals surface area contributed by atoms with Crippen LogP contribution in [-0.2, 0) is 23.3 Å². The number of benzene rings is 1. The first kappa shape index (κ1) is 40.4. The monoisotopic (exact) mass is 749 g/mol. The average Bonchev–Trinajstić information content (AvgIpc) is 3.70. The smallest absolute Gasteiger partial charge is 0.454 e. The van der Waals surface area contributed by atoms with Crippen LogP contribution in [0.15, 0.2) is 27.9 Å². The van der Waals surface area contributed by atoms with E-state index in [9.17, 15) is 29.3 Å². The van der Waals surface area contributed by atoms with Crippen LogP contribution in [0.1, 0.15) is 89.6 Å². The van der Waals surface area contributed by atoms with Gasteiger partial charge in [-0.05, 0) is 47.6 Å². The normalized spacial score (nSPS) is 19.2. The van der Waals surface area contributed by atoms with Crippen molar-refractivity contribution in [2.75, 3.05) is 20.0 Å². The fourth-order valence-corrected chi connectivity index (χ4v) is 7.48. The van der Waals surface area contributed by atoms with Gasteiger partial charge in [-0.1, -0.05) is 13.8 Å². The summed E-state index contributed by atoms with van der Waals surface area (Å²) in [5, 5.41) is 20.9. The van der Waals surface area contributed by atoms with Gasteiger partial charge in [-0.2, -0.15) is 9.83 Å². The number of carbonyl (C=O) groups is 2. The summed E-state index contributed by atoms with van der Waals surface area (Å²) >= 11 is 0. The van der Waals surface area contributed by atoms with E-state index in [0.717, 1.165) is 4.57 Å². The fourth-order valence-electron chi connectivity index (χ4n) is 5.72. The lowest BCUT2D eigenvalue weighted by Crippen LogP contribution is -2.46. The van der Waals surface area contributed by atoms with Gasteiger partial charge in [0.1, 0.15) is 25.0 Å². The molecule has 2 aromatic rings. The molecular formula is C33H44N5O13P. The zero-order valence-corrected chi connectivity index (χ0v) is 31.2. The third-order valence-corrected chi connectivity index (χ3v) is 10.3. The van der Waals surface area contributed by atoms with Crippen molar-refractivity contribution in [3.05, 3.63) is 60.4 Å². The lowest BCUT2D eigenvalue weighted by molar-refractivity contribution is -0.386. The van der Waals surface area contributed by atoms with E-state index >= 15 is 0 Å². The summed E-state index contributed by atoms with van der Waals surface area (Å²) in [7, 11) is -1.82. The predicted octanol–water partition coefficient (Wildman–Crippen LogP) is 5.11. The average molecular weight is 750 g/mol. The maximum Gasteiger partial charge on any atom is 0.508 e. The SMILES string of the molecule is Cc1cn([C@H]2C[C@H](OP(OCCC#N)N(C(C)C)C(C)C)[C@@H](COC(=O)OC(C)c3cc4c(cc3[N+](=O)[O-])OCO4)O2)c(=O)n(C(=O)C(C)C)c1=O. The minimum atomic E-state index is -1.82. The van der Waals surface area contributed by atoms with Crippen molar-refractivity contribution in [2.24, 2.45) is 5.92 Å². The van der Waals surface area contributed by atoms with Crippen molar-refractivity contribution in [1.82, 2.24) is 13.8 Å². The van der Waals surface area contributed by atoms with E-state index in [0.29, 0.717) is 4.57 Å². The van der Waals surface area contributed by atoms with Crippen LogP contribution in [0.2, 0.25) is 0 Å². The highest BCUT2D eigenvalue weighted by Crippen LogP contribution is 2.50. The molecule has 1 aromatic carbocycles. The van der Waals surface area contributed by atoms with Crippen molar-refractivity contribution in [1.29, 1.82) is 5.26 Å². The number of rotatable bonds is 15. The summed E-state index contributed by atoms with van der Waals surface area (Å²) in [6.07, 6.45) is -3.85. The Kier molecular flexibility index (Phi) is 13.5. The Morgan fingerprint density at radius 1 is 1.12 bits per heavy atom. The molecule has 284 valence electrons. The van der Waals surface area contributed by atoms with Crippen LogP contribution in [0.25, 0.3) is 0 Å². The number of ether oxygens (including phenoxy) is 5. The van der Waals surface area contributed by atoms with Crippen LogP contribution in [0, 0.1) is 34.3 Å². The molecule has 0 bridgehead atoms. The van der Waals surface area contributed by atoms with Crippen LogP contribution < -0.4 is 20.7 Å². The van der Waals surface area contributed by atoms with Gasteiger partial charge in [0, 0.05) is 36.2 Å². The van der Waals surface area contributed by atoms with E-state index in [4.69, 9.17) is 38.0 Å². The highest BCUT2D eigenvalue weighted by molar-refractivity contribution is 7.44. The van der Waals surface area contributed by atoms with Crippen molar-refractivity contribution in [3.63, 3.8) is 0 Å². The number of nitriles is 1. The quantitative estimate of drug-likeness (QED) is 0.0760. The second-order valence-electron chi connectivity index (χ2n) is 13.0. The van der Waals surface area contributed by atoms with Crippen LogP contribution >= 0.6 is 8.53 Å². The van der Waals surface area contributed by atoms with Gasteiger partial charge in [0.05, 0.1) is 41.8 Å². The number of aromatic nitrogens is 2. The minimum Gasteiger partial charge on any atom is -0.454 e. The van der Waals surface area contributed by atoms with Gasteiger partial charge in [0.25, 0.3) is 19.8 Å². The molecular weight excluding hydrogens is 705 g/mol. The molecule has 2 unspecified atom stereocenters. The Bertz CT molecular complexity index is 1800. The topological polar surface area (TPSA) is 213 Å². The molecule has 4 rings (SSSR count). The van der Waals surface area contributed by atoms with Crippen LogP contribution in [0.3, 0.4) is 0 Å². The largest absolute Gasteiger partial charge is 0.508 e. The predicted molar refractivity (Wildman–Crippen MR) is 184 cm³/mol. The highest BCUT2D eigenvalue weighted by Gasteiger charge is 2.43. The van der Waals surface area contributed by atoms with Gasteiger partial charge < -0.3 is 32.7 Å². The Labute approximate surface area is 301 Å². The van der Waals surface area contributed by atoms with Crippen molar-refractivity contribution < 1.29 is 47.2 Å². The van der Waals surface area contributed by atoms with Gasteiger partial charge in [-0.25, -0.2) is 14.3 Å². The minimum absolute atomic E-state index is 0.0146. The summed E-state index contributed by atoms with van der Waals surface area (Å²) in [6, 6.07) is 4.50. The zero-order chi connectivity index (χ0) is 38.4. The number of fused-ring (bicyclic) bond motifs is 1. The van der Waals surface area contributed by atoms with Gasteiger partial charge in [0.15, 0.2) is 11.5 Å². The zero-order valence-electron chi connectivity index (χ0n) is 30.3. The molecule has 0 amide bonds. The molecule has 1 saturated heterocycles. The Balaban J connectivity index is 1.62. The van der Waals surface area contributed by atoms with E-state index < -0.39 is 73.8 Å². The molecule has 52 heavy (non-hydrogen) atoms. The molecule has 3 heterocycles. The maximum absolute atomic E-state index is 13.6.